The number of likely N-dealkylation sites (N-methyl/N-ethyl adjacent to an activating group) is 1. The van der Waals surface area contributed by atoms with Crippen molar-refractivity contribution in [1.29, 1.82) is 0 Å². The first-order valence-corrected chi connectivity index (χ1v) is 6.40. The van der Waals surface area contributed by atoms with E-state index in [2.05, 4.69) is 10.3 Å². The molecule has 2 unspecified atom stereocenters. The zero-order valence-electron chi connectivity index (χ0n) is 9.11. The summed E-state index contributed by atoms with van der Waals surface area (Å²) in [6.45, 7) is 1.85. The topological polar surface area (TPSA) is 34.2 Å². The summed E-state index contributed by atoms with van der Waals surface area (Å²) in [7, 11) is 2.04. The zero-order valence-corrected chi connectivity index (χ0v) is 9.93. The second-order valence-electron chi connectivity index (χ2n) is 4.04. The molecule has 4 heteroatoms. The van der Waals surface area contributed by atoms with Crippen molar-refractivity contribution >= 4 is 11.3 Å². The first kappa shape index (κ1) is 11.0. The Labute approximate surface area is 94.9 Å². The van der Waals surface area contributed by atoms with Gasteiger partial charge in [-0.3, -0.25) is 4.98 Å². The van der Waals surface area contributed by atoms with E-state index in [4.69, 9.17) is 4.74 Å². The van der Waals surface area contributed by atoms with Crippen LogP contribution in [0, 0.1) is 5.92 Å². The van der Waals surface area contributed by atoms with E-state index < -0.39 is 0 Å². The van der Waals surface area contributed by atoms with Crippen LogP contribution in [-0.4, -0.2) is 31.3 Å². The molecule has 2 heterocycles. The molecular weight excluding hydrogens is 208 g/mol. The summed E-state index contributed by atoms with van der Waals surface area (Å²) in [6, 6.07) is 0.533. The van der Waals surface area contributed by atoms with E-state index in [1.165, 1.54) is 17.7 Å². The minimum absolute atomic E-state index is 0.533. The number of rotatable bonds is 4. The van der Waals surface area contributed by atoms with Crippen molar-refractivity contribution in [3.63, 3.8) is 0 Å². The van der Waals surface area contributed by atoms with Crippen LogP contribution in [0.2, 0.25) is 0 Å². The van der Waals surface area contributed by atoms with Crippen LogP contribution in [0.5, 0.6) is 0 Å². The normalized spacial score (nSPS) is 23.9. The third kappa shape index (κ3) is 3.00. The first-order chi connectivity index (χ1) is 7.40. The van der Waals surface area contributed by atoms with Gasteiger partial charge in [-0.2, -0.15) is 0 Å². The molecule has 15 heavy (non-hydrogen) atoms. The molecule has 0 saturated carbocycles. The summed E-state index contributed by atoms with van der Waals surface area (Å²) < 4.78 is 5.53. The van der Waals surface area contributed by atoms with Crippen molar-refractivity contribution in [1.82, 2.24) is 10.3 Å². The fraction of sp³-hybridized carbons (Fsp3) is 0.727. The van der Waals surface area contributed by atoms with Crippen LogP contribution < -0.4 is 5.32 Å². The maximum atomic E-state index is 5.53. The second-order valence-corrected chi connectivity index (χ2v) is 5.02. The Hall–Kier alpha value is -0.450. The average Bonchev–Trinajstić information content (AvgIpc) is 2.80. The lowest BCUT2D eigenvalue weighted by Gasteiger charge is -2.29. The van der Waals surface area contributed by atoms with Crippen molar-refractivity contribution in [2.24, 2.45) is 5.92 Å². The standard InChI is InChI=1S/C11H18N2OS/c1-12-11(5-10-6-13-8-15-10)9-3-2-4-14-7-9/h6,8-9,11-12H,2-5,7H2,1H3. The molecule has 1 aliphatic rings. The maximum absolute atomic E-state index is 5.53. The summed E-state index contributed by atoms with van der Waals surface area (Å²) in [4.78, 5) is 5.48. The molecule has 1 aromatic rings. The van der Waals surface area contributed by atoms with Gasteiger partial charge in [-0.05, 0) is 32.2 Å². The Kier molecular flexibility index (Phi) is 4.11. The number of aromatic nitrogens is 1. The van der Waals surface area contributed by atoms with Gasteiger partial charge in [-0.1, -0.05) is 0 Å². The lowest BCUT2D eigenvalue weighted by atomic mass is 9.91. The zero-order chi connectivity index (χ0) is 10.5. The first-order valence-electron chi connectivity index (χ1n) is 5.52. The molecule has 0 bridgehead atoms. The van der Waals surface area contributed by atoms with Gasteiger partial charge in [0.1, 0.15) is 0 Å². The molecule has 0 spiro atoms. The fourth-order valence-electron chi connectivity index (χ4n) is 2.15. The summed E-state index contributed by atoms with van der Waals surface area (Å²) in [5.74, 6) is 0.658. The quantitative estimate of drug-likeness (QED) is 0.848. The molecule has 2 rings (SSSR count). The van der Waals surface area contributed by atoms with Gasteiger partial charge in [0, 0.05) is 23.7 Å². The van der Waals surface area contributed by atoms with E-state index >= 15 is 0 Å². The largest absolute Gasteiger partial charge is 0.381 e. The summed E-state index contributed by atoms with van der Waals surface area (Å²) in [5, 5.41) is 3.41. The molecule has 0 aliphatic carbocycles. The Balaban J connectivity index is 1.91. The lowest BCUT2D eigenvalue weighted by molar-refractivity contribution is 0.0406. The molecule has 1 saturated heterocycles. The molecule has 1 N–H and O–H groups in total. The van der Waals surface area contributed by atoms with Crippen molar-refractivity contribution in [2.75, 3.05) is 20.3 Å². The maximum Gasteiger partial charge on any atom is 0.0794 e. The predicted molar refractivity (Wildman–Crippen MR) is 62.2 cm³/mol. The monoisotopic (exact) mass is 226 g/mol. The van der Waals surface area contributed by atoms with E-state index in [0.717, 1.165) is 19.6 Å². The molecule has 84 valence electrons. The molecular formula is C11H18N2OS. The van der Waals surface area contributed by atoms with Crippen molar-refractivity contribution in [2.45, 2.75) is 25.3 Å². The van der Waals surface area contributed by atoms with Gasteiger partial charge in [0.15, 0.2) is 0 Å². The Bertz CT molecular complexity index is 270. The van der Waals surface area contributed by atoms with E-state index in [9.17, 15) is 0 Å². The van der Waals surface area contributed by atoms with Crippen LogP contribution in [0.25, 0.3) is 0 Å². The number of nitrogens with zero attached hydrogens (tertiary/aromatic N) is 1. The van der Waals surface area contributed by atoms with Gasteiger partial charge in [0.05, 0.1) is 12.1 Å². The van der Waals surface area contributed by atoms with E-state index in [1.54, 1.807) is 11.3 Å². The van der Waals surface area contributed by atoms with Crippen LogP contribution in [0.15, 0.2) is 11.7 Å². The van der Waals surface area contributed by atoms with E-state index in [-0.39, 0.29) is 0 Å². The minimum Gasteiger partial charge on any atom is -0.381 e. The molecule has 2 atom stereocenters. The Morgan fingerprint density at radius 2 is 2.67 bits per heavy atom. The second kappa shape index (κ2) is 5.58. The highest BCUT2D eigenvalue weighted by Gasteiger charge is 2.23. The van der Waals surface area contributed by atoms with Crippen LogP contribution in [0.4, 0.5) is 0 Å². The summed E-state index contributed by atoms with van der Waals surface area (Å²) >= 11 is 1.74. The van der Waals surface area contributed by atoms with Gasteiger partial charge in [-0.25, -0.2) is 0 Å². The smallest absolute Gasteiger partial charge is 0.0794 e. The van der Waals surface area contributed by atoms with Crippen LogP contribution in [0.3, 0.4) is 0 Å². The molecule has 0 amide bonds. The summed E-state index contributed by atoms with van der Waals surface area (Å²) in [5.41, 5.74) is 1.90. The SMILES string of the molecule is CNC(Cc1cncs1)C1CCCOC1. The fourth-order valence-corrected chi connectivity index (χ4v) is 2.80. The average molecular weight is 226 g/mol. The number of ether oxygens (including phenoxy) is 1. The van der Waals surface area contributed by atoms with Crippen LogP contribution >= 0.6 is 11.3 Å². The van der Waals surface area contributed by atoms with Gasteiger partial charge in [0.2, 0.25) is 0 Å². The van der Waals surface area contributed by atoms with Crippen molar-refractivity contribution in [3.8, 4) is 0 Å². The third-order valence-electron chi connectivity index (χ3n) is 3.04. The van der Waals surface area contributed by atoms with Crippen molar-refractivity contribution in [3.05, 3.63) is 16.6 Å². The molecule has 0 radical (unpaired) electrons. The number of hydrogen-bond acceptors (Lipinski definition) is 4. The molecule has 1 aromatic heterocycles. The highest BCUT2D eigenvalue weighted by Crippen LogP contribution is 2.21. The van der Waals surface area contributed by atoms with Gasteiger partial charge < -0.3 is 10.1 Å². The molecule has 1 fully saturated rings. The molecule has 1 aliphatic heterocycles. The van der Waals surface area contributed by atoms with E-state index in [1.807, 2.05) is 18.8 Å². The van der Waals surface area contributed by atoms with E-state index in [0.29, 0.717) is 12.0 Å². The number of nitrogens with one attached hydrogen (secondary N) is 1. The van der Waals surface area contributed by atoms with Crippen LogP contribution in [-0.2, 0) is 11.2 Å². The third-order valence-corrected chi connectivity index (χ3v) is 3.84. The Morgan fingerprint density at radius 3 is 3.27 bits per heavy atom. The number of hydrogen-bond donors (Lipinski definition) is 1. The van der Waals surface area contributed by atoms with Gasteiger partial charge in [0.25, 0.3) is 0 Å². The summed E-state index contributed by atoms with van der Waals surface area (Å²) in [6.07, 6.45) is 5.53. The minimum atomic E-state index is 0.533. The van der Waals surface area contributed by atoms with Crippen molar-refractivity contribution < 1.29 is 4.74 Å². The molecule has 3 nitrogen and oxygen atoms in total. The predicted octanol–water partition coefficient (Wildman–Crippen LogP) is 1.70. The lowest BCUT2D eigenvalue weighted by Crippen LogP contribution is -2.39. The highest BCUT2D eigenvalue weighted by atomic mass is 32.1. The Morgan fingerprint density at radius 1 is 1.73 bits per heavy atom. The van der Waals surface area contributed by atoms with Gasteiger partial charge in [-0.15, -0.1) is 11.3 Å². The highest BCUT2D eigenvalue weighted by molar-refractivity contribution is 7.09. The number of thiazole rings is 1. The molecule has 0 aromatic carbocycles. The van der Waals surface area contributed by atoms with Crippen LogP contribution in [0.1, 0.15) is 17.7 Å². The van der Waals surface area contributed by atoms with Gasteiger partial charge >= 0.3 is 0 Å².